The summed E-state index contributed by atoms with van der Waals surface area (Å²) >= 11 is 0. The lowest BCUT2D eigenvalue weighted by Crippen LogP contribution is -2.57. The van der Waals surface area contributed by atoms with Crippen molar-refractivity contribution in [1.82, 2.24) is 0 Å². The minimum Gasteiger partial charge on any atom is -0.496 e. The molecule has 48 heavy (non-hydrogen) atoms. The summed E-state index contributed by atoms with van der Waals surface area (Å²) in [5, 5.41) is 0.431. The van der Waals surface area contributed by atoms with Crippen LogP contribution in [-0.2, 0) is 38.1 Å². The number of fused-ring (bicyclic) bond motifs is 7. The van der Waals surface area contributed by atoms with Crippen molar-refractivity contribution in [3.8, 4) is 11.5 Å². The molecule has 2 aromatic rings. The minimum atomic E-state index is -1.62. The van der Waals surface area contributed by atoms with Crippen molar-refractivity contribution >= 4 is 34.8 Å². The topological polar surface area (TPSA) is 154 Å². The number of aryl methyl sites for hydroxylation is 1. The van der Waals surface area contributed by atoms with Gasteiger partial charge in [-0.3, -0.25) is 9.59 Å². The molecule has 7 rings (SSSR count). The van der Waals surface area contributed by atoms with E-state index >= 15 is 0 Å². The van der Waals surface area contributed by atoms with Crippen molar-refractivity contribution < 1.29 is 52.0 Å². The maximum Gasteiger partial charge on any atom is 0.351 e. The van der Waals surface area contributed by atoms with Gasteiger partial charge in [-0.25, -0.2) is 14.4 Å². The molecular formula is C36H42O12. The van der Waals surface area contributed by atoms with Gasteiger partial charge >= 0.3 is 29.5 Å². The Kier molecular flexibility index (Phi) is 6.30. The Morgan fingerprint density at radius 1 is 0.750 bits per heavy atom. The van der Waals surface area contributed by atoms with Crippen LogP contribution in [0, 0.1) is 28.6 Å². The molecule has 0 radical (unpaired) electrons. The predicted molar refractivity (Wildman–Crippen MR) is 167 cm³/mol. The second kappa shape index (κ2) is 9.32. The van der Waals surface area contributed by atoms with Crippen LogP contribution in [0.2, 0.25) is 0 Å². The SMILES string of the molecule is COc1cc2c(c3oc(=O)cc(C)c13)[C@@H](OC(=O)[C@@]13CC[C@@](C)(C(=O)O1)C3(C)C)[C@@H](OC(=O)[C@@]13CC[C@@](C)(C(=O)O1)C3(C)C)C(C)(C)O2. The highest BCUT2D eigenvalue weighted by molar-refractivity contribution is 5.96. The number of rotatable bonds is 5. The highest BCUT2D eigenvalue weighted by Crippen LogP contribution is 2.67. The fourth-order valence-corrected chi connectivity index (χ4v) is 9.01. The summed E-state index contributed by atoms with van der Waals surface area (Å²) in [5.41, 5.74) is -8.21. The molecule has 1 aromatic carbocycles. The van der Waals surface area contributed by atoms with Gasteiger partial charge in [-0.15, -0.1) is 0 Å². The number of esters is 4. The molecule has 0 N–H and O–H groups in total. The lowest BCUT2D eigenvalue weighted by atomic mass is 9.66. The van der Waals surface area contributed by atoms with Gasteiger partial charge in [-0.1, -0.05) is 27.7 Å². The second-order valence-electron chi connectivity index (χ2n) is 16.1. The number of hydrogen-bond donors (Lipinski definition) is 0. The minimum absolute atomic E-state index is 0.0272. The Balaban J connectivity index is 1.40. The monoisotopic (exact) mass is 666 g/mol. The normalized spacial score (nSPS) is 36.2. The van der Waals surface area contributed by atoms with E-state index in [9.17, 15) is 24.0 Å². The lowest BCUT2D eigenvalue weighted by Gasteiger charge is -2.46. The summed E-state index contributed by atoms with van der Waals surface area (Å²) in [4.78, 5) is 68.0. The molecule has 4 bridgehead atoms. The third-order valence-corrected chi connectivity index (χ3v) is 13.3. The van der Waals surface area contributed by atoms with Crippen LogP contribution >= 0.6 is 0 Å². The highest BCUT2D eigenvalue weighted by atomic mass is 16.7. The van der Waals surface area contributed by atoms with Gasteiger partial charge < -0.3 is 32.8 Å². The summed E-state index contributed by atoms with van der Waals surface area (Å²) in [6.45, 7) is 15.9. The molecule has 2 saturated heterocycles. The van der Waals surface area contributed by atoms with Gasteiger partial charge in [-0.2, -0.15) is 0 Å². The van der Waals surface area contributed by atoms with E-state index < -0.39 is 80.2 Å². The fraction of sp³-hybridized carbons (Fsp3) is 0.639. The van der Waals surface area contributed by atoms with Gasteiger partial charge in [0.15, 0.2) is 17.8 Å². The first-order chi connectivity index (χ1) is 22.1. The molecule has 0 spiro atoms. The van der Waals surface area contributed by atoms with E-state index in [4.69, 9.17) is 32.8 Å². The van der Waals surface area contributed by atoms with Crippen molar-refractivity contribution in [3.63, 3.8) is 0 Å². The van der Waals surface area contributed by atoms with Gasteiger partial charge in [0.1, 0.15) is 17.1 Å². The van der Waals surface area contributed by atoms with E-state index in [0.29, 0.717) is 29.5 Å². The van der Waals surface area contributed by atoms with E-state index in [1.165, 1.54) is 13.2 Å². The first-order valence-electron chi connectivity index (χ1n) is 16.4. The zero-order valence-electron chi connectivity index (χ0n) is 29.0. The molecule has 5 aliphatic rings. The predicted octanol–water partition coefficient (Wildman–Crippen LogP) is 5.02. The fourth-order valence-electron chi connectivity index (χ4n) is 9.01. The number of carbonyl (C=O) groups is 4. The van der Waals surface area contributed by atoms with Gasteiger partial charge in [-0.05, 0) is 65.9 Å². The van der Waals surface area contributed by atoms with E-state index in [0.717, 1.165) is 0 Å². The Hall–Kier alpha value is -4.09. The van der Waals surface area contributed by atoms with Crippen LogP contribution in [0.15, 0.2) is 21.3 Å². The summed E-state index contributed by atoms with van der Waals surface area (Å²) in [5.74, 6) is -2.07. The number of ether oxygens (including phenoxy) is 6. The number of benzene rings is 1. The van der Waals surface area contributed by atoms with Crippen molar-refractivity contribution in [2.45, 2.75) is 117 Å². The van der Waals surface area contributed by atoms with E-state index in [-0.39, 0.29) is 29.7 Å². The van der Waals surface area contributed by atoms with Crippen molar-refractivity contribution in [3.05, 3.63) is 33.7 Å². The zero-order valence-corrected chi connectivity index (χ0v) is 29.0. The zero-order chi connectivity index (χ0) is 35.2. The largest absolute Gasteiger partial charge is 0.496 e. The summed E-state index contributed by atoms with van der Waals surface area (Å²) in [6.07, 6.45) is -1.44. The van der Waals surface area contributed by atoms with Crippen LogP contribution in [-0.4, -0.2) is 53.9 Å². The molecule has 4 heterocycles. The molecule has 0 unspecified atom stereocenters. The molecule has 12 heteroatoms. The van der Waals surface area contributed by atoms with Crippen molar-refractivity contribution in [2.24, 2.45) is 21.7 Å². The highest BCUT2D eigenvalue weighted by Gasteiger charge is 2.78. The molecule has 6 atom stereocenters. The smallest absolute Gasteiger partial charge is 0.351 e. The summed E-state index contributed by atoms with van der Waals surface area (Å²) in [6, 6.07) is 2.92. The Labute approximate surface area is 277 Å². The molecule has 12 nitrogen and oxygen atoms in total. The third kappa shape index (κ3) is 3.53. The second-order valence-corrected chi connectivity index (χ2v) is 16.1. The Bertz CT molecular complexity index is 1900. The van der Waals surface area contributed by atoms with Gasteiger partial charge in [0.25, 0.3) is 0 Å². The lowest BCUT2D eigenvalue weighted by molar-refractivity contribution is -0.217. The quantitative estimate of drug-likeness (QED) is 0.239. The number of methoxy groups -OCH3 is 1. The first-order valence-corrected chi connectivity index (χ1v) is 16.4. The van der Waals surface area contributed by atoms with E-state index in [2.05, 4.69) is 0 Å². The average molecular weight is 667 g/mol. The van der Waals surface area contributed by atoms with Crippen LogP contribution < -0.4 is 15.1 Å². The number of carbonyl (C=O) groups excluding carboxylic acids is 4. The average Bonchev–Trinajstić information content (AvgIpc) is 3.45. The van der Waals surface area contributed by atoms with Crippen LogP contribution in [0.1, 0.15) is 98.3 Å². The van der Waals surface area contributed by atoms with Gasteiger partial charge in [0, 0.05) is 23.0 Å². The Morgan fingerprint density at radius 2 is 1.27 bits per heavy atom. The molecule has 2 aliphatic carbocycles. The van der Waals surface area contributed by atoms with Crippen LogP contribution in [0.25, 0.3) is 11.0 Å². The first kappa shape index (κ1) is 32.5. The maximum absolute atomic E-state index is 14.5. The van der Waals surface area contributed by atoms with Crippen LogP contribution in [0.5, 0.6) is 11.5 Å². The molecule has 1 aromatic heterocycles. The Morgan fingerprint density at radius 3 is 1.73 bits per heavy atom. The van der Waals surface area contributed by atoms with Gasteiger partial charge in [0.2, 0.25) is 11.2 Å². The molecule has 258 valence electrons. The van der Waals surface area contributed by atoms with E-state index in [1.807, 2.05) is 13.8 Å². The van der Waals surface area contributed by atoms with Crippen LogP contribution in [0.4, 0.5) is 0 Å². The molecular weight excluding hydrogens is 624 g/mol. The van der Waals surface area contributed by atoms with Crippen LogP contribution in [0.3, 0.4) is 0 Å². The molecule has 4 fully saturated rings. The van der Waals surface area contributed by atoms with Gasteiger partial charge in [0.05, 0.1) is 28.9 Å². The van der Waals surface area contributed by atoms with Crippen molar-refractivity contribution in [2.75, 3.05) is 7.11 Å². The summed E-state index contributed by atoms with van der Waals surface area (Å²) < 4.78 is 42.3. The van der Waals surface area contributed by atoms with E-state index in [1.54, 1.807) is 54.5 Å². The molecule has 0 amide bonds. The maximum atomic E-state index is 14.5. The summed E-state index contributed by atoms with van der Waals surface area (Å²) in [7, 11) is 1.47. The molecule has 2 saturated carbocycles. The standard InChI is InChI=1S/C36H42O12/c1-17-15-20(37)43-23-21(17)18(42-10)16-19-22(23)24(44-28(40)35-13-11-33(8,26(38)47-35)31(35,4)5)25(30(2,3)46-19)45-29(41)36-14-12-34(9,27(39)48-36)32(36,6)7/h15-16,24-25H,11-14H2,1-10H3/t24-,25-,33+,34+,35-,36-/m1/s1. The molecule has 3 aliphatic heterocycles. The number of hydrogen-bond acceptors (Lipinski definition) is 12. The third-order valence-electron chi connectivity index (χ3n) is 13.3. The van der Waals surface area contributed by atoms with Crippen molar-refractivity contribution in [1.29, 1.82) is 0 Å².